The number of rotatable bonds is 3. The number of benzene rings is 1. The summed E-state index contributed by atoms with van der Waals surface area (Å²) in [5.74, 6) is 0.622. The molecule has 0 bridgehead atoms. The number of hydrogen-bond donors (Lipinski definition) is 0. The third-order valence-corrected chi connectivity index (χ3v) is 4.06. The normalized spacial score (nSPS) is 12.7. The van der Waals surface area contributed by atoms with E-state index in [0.29, 0.717) is 16.8 Å². The third-order valence-electron chi connectivity index (χ3n) is 4.06. The molecule has 0 amide bonds. The van der Waals surface area contributed by atoms with E-state index in [1.54, 1.807) is 18.0 Å². The van der Waals surface area contributed by atoms with Gasteiger partial charge in [-0.25, -0.2) is 0 Å². The Hall–Kier alpha value is -3.28. The number of pyridine rings is 1. The lowest BCUT2D eigenvalue weighted by atomic mass is 10.1. The van der Waals surface area contributed by atoms with E-state index in [1.807, 2.05) is 69.4 Å². The molecule has 0 saturated heterocycles. The second-order valence-electron chi connectivity index (χ2n) is 7.24. The molecule has 27 heavy (non-hydrogen) atoms. The predicted octanol–water partition coefficient (Wildman–Crippen LogP) is 4.14. The van der Waals surface area contributed by atoms with Crippen LogP contribution in [0.5, 0.6) is 0 Å². The zero-order valence-corrected chi connectivity index (χ0v) is 15.8. The van der Waals surface area contributed by atoms with E-state index in [0.717, 1.165) is 21.9 Å². The first-order valence-corrected chi connectivity index (χ1v) is 8.72. The van der Waals surface area contributed by atoms with Crippen LogP contribution in [0, 0.1) is 0 Å². The Morgan fingerprint density at radius 2 is 1.93 bits per heavy atom. The van der Waals surface area contributed by atoms with Crippen molar-refractivity contribution in [3.05, 3.63) is 60.2 Å². The van der Waals surface area contributed by atoms with Gasteiger partial charge in [0.05, 0.1) is 6.20 Å². The van der Waals surface area contributed by atoms with Crippen molar-refractivity contribution in [1.29, 1.82) is 0 Å². The minimum atomic E-state index is -0.380. The van der Waals surface area contributed by atoms with Crippen LogP contribution in [0.25, 0.3) is 33.3 Å². The highest BCUT2D eigenvalue weighted by Crippen LogP contribution is 2.24. The highest BCUT2D eigenvalue weighted by atomic mass is 16.6. The van der Waals surface area contributed by atoms with Gasteiger partial charge in [-0.1, -0.05) is 17.3 Å². The van der Waals surface area contributed by atoms with E-state index in [4.69, 9.17) is 14.1 Å². The van der Waals surface area contributed by atoms with Crippen LogP contribution in [0.15, 0.2) is 64.4 Å². The van der Waals surface area contributed by atoms with Gasteiger partial charge in [0.15, 0.2) is 5.76 Å². The van der Waals surface area contributed by atoms with Crippen LogP contribution in [0.1, 0.15) is 20.8 Å². The van der Waals surface area contributed by atoms with Gasteiger partial charge >= 0.3 is 0 Å². The van der Waals surface area contributed by atoms with Crippen LogP contribution in [0.4, 0.5) is 0 Å². The molecule has 0 N–H and O–H groups in total. The minimum Gasteiger partial charge on any atom is -0.454 e. The molecule has 3 heterocycles. The Labute approximate surface area is 156 Å². The number of para-hydroxylation sites is 1. The van der Waals surface area contributed by atoms with Crippen molar-refractivity contribution in [3.63, 3.8) is 0 Å². The molecular formula is C21H21N3O3. The summed E-state index contributed by atoms with van der Waals surface area (Å²) in [6, 6.07) is 13.5. The maximum Gasteiger partial charge on any atom is 0.155 e. The van der Waals surface area contributed by atoms with Gasteiger partial charge in [-0.3, -0.25) is 4.98 Å². The van der Waals surface area contributed by atoms with Crippen molar-refractivity contribution < 1.29 is 14.1 Å². The van der Waals surface area contributed by atoms with Crippen LogP contribution >= 0.6 is 0 Å². The lowest BCUT2D eigenvalue weighted by molar-refractivity contribution is -0.00585. The van der Waals surface area contributed by atoms with Crippen molar-refractivity contribution >= 4 is 21.9 Å². The SMILES string of the molecule is COn1ccc2cc(-c3cc(=NOC(C)(C)C)c4ccccc4o3)ncc21. The number of nitrogens with zero attached hydrogens (tertiary/aromatic N) is 3. The molecule has 4 rings (SSSR count). The standard InChI is InChI=1S/C21H21N3O3/c1-21(2,3)27-23-16-12-20(26-19-8-6-5-7-15(16)19)17-11-14-9-10-24(25-4)18(14)13-22-17/h5-13H,1-4H3. The van der Waals surface area contributed by atoms with E-state index in [1.165, 1.54) is 0 Å². The smallest absolute Gasteiger partial charge is 0.155 e. The molecule has 0 saturated carbocycles. The Kier molecular flexibility index (Phi) is 4.11. The zero-order chi connectivity index (χ0) is 19.0. The molecule has 0 spiro atoms. The molecule has 0 fully saturated rings. The van der Waals surface area contributed by atoms with Crippen LogP contribution in [0.2, 0.25) is 0 Å². The molecule has 6 heteroatoms. The molecule has 0 radical (unpaired) electrons. The summed E-state index contributed by atoms with van der Waals surface area (Å²) < 4.78 is 7.75. The van der Waals surface area contributed by atoms with E-state index >= 15 is 0 Å². The second-order valence-corrected chi connectivity index (χ2v) is 7.24. The summed E-state index contributed by atoms with van der Waals surface area (Å²) in [7, 11) is 1.62. The monoisotopic (exact) mass is 363 g/mol. The first kappa shape index (κ1) is 17.1. The van der Waals surface area contributed by atoms with E-state index in [-0.39, 0.29) is 5.60 Å². The predicted molar refractivity (Wildman–Crippen MR) is 104 cm³/mol. The van der Waals surface area contributed by atoms with Crippen LogP contribution in [-0.2, 0) is 4.84 Å². The fourth-order valence-corrected chi connectivity index (χ4v) is 2.81. The summed E-state index contributed by atoms with van der Waals surface area (Å²) in [5, 5.41) is 6.96. The average Bonchev–Trinajstić information content (AvgIpc) is 3.07. The summed E-state index contributed by atoms with van der Waals surface area (Å²) in [5.41, 5.74) is 1.95. The van der Waals surface area contributed by atoms with Gasteiger partial charge in [0.1, 0.15) is 34.9 Å². The van der Waals surface area contributed by atoms with Crippen molar-refractivity contribution in [1.82, 2.24) is 9.71 Å². The Morgan fingerprint density at radius 1 is 1.11 bits per heavy atom. The maximum absolute atomic E-state index is 6.09. The van der Waals surface area contributed by atoms with Crippen molar-refractivity contribution in [2.45, 2.75) is 26.4 Å². The largest absolute Gasteiger partial charge is 0.454 e. The summed E-state index contributed by atoms with van der Waals surface area (Å²) in [6.07, 6.45) is 3.62. The van der Waals surface area contributed by atoms with Crippen LogP contribution in [0.3, 0.4) is 0 Å². The molecule has 0 aliphatic heterocycles. The lowest BCUT2D eigenvalue weighted by Crippen LogP contribution is -2.18. The second kappa shape index (κ2) is 6.46. The van der Waals surface area contributed by atoms with E-state index < -0.39 is 0 Å². The van der Waals surface area contributed by atoms with E-state index in [9.17, 15) is 0 Å². The van der Waals surface area contributed by atoms with Crippen LogP contribution < -0.4 is 10.2 Å². The molecule has 4 aromatic rings. The Morgan fingerprint density at radius 3 is 2.70 bits per heavy atom. The van der Waals surface area contributed by atoms with Crippen molar-refractivity contribution in [3.8, 4) is 11.5 Å². The van der Waals surface area contributed by atoms with Gasteiger partial charge in [0.2, 0.25) is 0 Å². The van der Waals surface area contributed by atoms with Gasteiger partial charge in [-0.15, -0.1) is 0 Å². The van der Waals surface area contributed by atoms with Crippen molar-refractivity contribution in [2.75, 3.05) is 7.11 Å². The first-order chi connectivity index (χ1) is 12.9. The minimum absolute atomic E-state index is 0.380. The topological polar surface area (TPSA) is 61.8 Å². The highest BCUT2D eigenvalue weighted by Gasteiger charge is 2.12. The zero-order valence-electron chi connectivity index (χ0n) is 15.8. The molecule has 6 nitrogen and oxygen atoms in total. The molecule has 0 aliphatic rings. The fourth-order valence-electron chi connectivity index (χ4n) is 2.81. The van der Waals surface area contributed by atoms with Crippen LogP contribution in [-0.4, -0.2) is 22.4 Å². The number of aromatic nitrogens is 2. The first-order valence-electron chi connectivity index (χ1n) is 8.72. The van der Waals surface area contributed by atoms with Gasteiger partial charge < -0.3 is 14.1 Å². The molecule has 0 unspecified atom stereocenters. The molecule has 0 atom stereocenters. The average molecular weight is 363 g/mol. The molecule has 1 aromatic carbocycles. The Bertz CT molecular complexity index is 1180. The summed E-state index contributed by atoms with van der Waals surface area (Å²) in [4.78, 5) is 15.5. The summed E-state index contributed by atoms with van der Waals surface area (Å²) >= 11 is 0. The van der Waals surface area contributed by atoms with E-state index in [2.05, 4.69) is 10.1 Å². The maximum atomic E-state index is 6.09. The van der Waals surface area contributed by atoms with Gasteiger partial charge in [0, 0.05) is 23.0 Å². The quantitative estimate of drug-likeness (QED) is 0.513. The van der Waals surface area contributed by atoms with Gasteiger partial charge in [-0.2, -0.15) is 4.73 Å². The summed E-state index contributed by atoms with van der Waals surface area (Å²) in [6.45, 7) is 5.88. The lowest BCUT2D eigenvalue weighted by Gasteiger charge is -2.15. The van der Waals surface area contributed by atoms with Crippen molar-refractivity contribution in [2.24, 2.45) is 5.16 Å². The third kappa shape index (κ3) is 3.38. The number of hydrogen-bond acceptors (Lipinski definition) is 5. The fraction of sp³-hybridized carbons (Fsp3) is 0.238. The number of fused-ring (bicyclic) bond motifs is 2. The molecule has 0 aliphatic carbocycles. The molecule has 138 valence electrons. The highest BCUT2D eigenvalue weighted by molar-refractivity contribution is 5.83. The Balaban J connectivity index is 1.89. The molecule has 3 aromatic heterocycles. The van der Waals surface area contributed by atoms with Gasteiger partial charge in [0.25, 0.3) is 0 Å². The molecular weight excluding hydrogens is 342 g/mol. The van der Waals surface area contributed by atoms with Gasteiger partial charge in [-0.05, 0) is 45.0 Å².